The van der Waals surface area contributed by atoms with Gasteiger partial charge in [0.1, 0.15) is 12.4 Å². The van der Waals surface area contributed by atoms with E-state index in [1.54, 1.807) is 6.92 Å². The van der Waals surface area contributed by atoms with E-state index in [9.17, 15) is 10.2 Å². The summed E-state index contributed by atoms with van der Waals surface area (Å²) < 4.78 is 5.79. The number of rotatable bonds is 4. The molecule has 0 aliphatic heterocycles. The Morgan fingerprint density at radius 1 is 1.26 bits per heavy atom. The van der Waals surface area contributed by atoms with Crippen molar-refractivity contribution < 1.29 is 14.9 Å². The van der Waals surface area contributed by atoms with Gasteiger partial charge in [0.25, 0.3) is 0 Å². The van der Waals surface area contributed by atoms with Crippen molar-refractivity contribution in [2.24, 2.45) is 0 Å². The lowest BCUT2D eigenvalue weighted by Gasteiger charge is -2.32. The van der Waals surface area contributed by atoms with Gasteiger partial charge in [0.2, 0.25) is 0 Å². The van der Waals surface area contributed by atoms with E-state index in [0.29, 0.717) is 12.4 Å². The Kier molecular flexibility index (Phi) is 4.48. The van der Waals surface area contributed by atoms with Crippen LogP contribution < -0.4 is 4.74 Å². The highest BCUT2D eigenvalue weighted by Crippen LogP contribution is 2.31. The molecule has 1 aromatic carbocycles. The minimum atomic E-state index is -0.695. The van der Waals surface area contributed by atoms with Gasteiger partial charge in [0, 0.05) is 5.56 Å². The molecular weight excluding hydrogens is 240 g/mol. The lowest BCUT2D eigenvalue weighted by molar-refractivity contribution is -0.0345. The highest BCUT2D eigenvalue weighted by atomic mass is 16.5. The molecule has 0 saturated heterocycles. The van der Waals surface area contributed by atoms with Crippen LogP contribution in [0.3, 0.4) is 0 Å². The predicted octanol–water partition coefficient (Wildman–Crippen LogP) is 3.12. The summed E-state index contributed by atoms with van der Waals surface area (Å²) in [5, 5.41) is 20.2. The molecule has 1 aliphatic rings. The maximum absolute atomic E-state index is 10.4. The Bertz CT molecular complexity index is 420. The smallest absolute Gasteiger partial charge is 0.125 e. The number of aliphatic hydroxyl groups excluding tert-OH is 1. The molecule has 0 spiro atoms. The molecule has 0 amide bonds. The third-order valence-electron chi connectivity index (χ3n) is 3.90. The first-order chi connectivity index (χ1) is 9.00. The molecule has 3 nitrogen and oxygen atoms in total. The van der Waals surface area contributed by atoms with Gasteiger partial charge in [-0.1, -0.05) is 30.9 Å². The molecule has 0 bridgehead atoms. The van der Waals surface area contributed by atoms with Crippen LogP contribution in [0, 0.1) is 6.92 Å². The molecule has 1 saturated carbocycles. The number of aryl methyl sites for hydroxylation is 1. The number of ether oxygens (including phenoxy) is 1. The van der Waals surface area contributed by atoms with Crippen molar-refractivity contribution in [1.82, 2.24) is 0 Å². The summed E-state index contributed by atoms with van der Waals surface area (Å²) in [6.45, 7) is 4.04. The first-order valence-electron chi connectivity index (χ1n) is 7.14. The second kappa shape index (κ2) is 5.93. The van der Waals surface area contributed by atoms with Crippen molar-refractivity contribution in [3.8, 4) is 5.75 Å². The standard InChI is InChI=1S/C16H24O3/c1-12-6-7-15(14(10-12)13(2)17)19-11-16(18)8-4-3-5-9-16/h6-7,10,13,17-18H,3-5,8-9,11H2,1-2H3. The van der Waals surface area contributed by atoms with Crippen LogP contribution in [0.15, 0.2) is 18.2 Å². The zero-order chi connectivity index (χ0) is 13.9. The van der Waals surface area contributed by atoms with Gasteiger partial charge in [-0.25, -0.2) is 0 Å². The normalized spacial score (nSPS) is 20.0. The predicted molar refractivity (Wildman–Crippen MR) is 75.3 cm³/mol. The van der Waals surface area contributed by atoms with Gasteiger partial charge in [-0.3, -0.25) is 0 Å². The molecule has 1 unspecified atom stereocenters. The average Bonchev–Trinajstić information content (AvgIpc) is 2.38. The summed E-state index contributed by atoms with van der Waals surface area (Å²) >= 11 is 0. The monoisotopic (exact) mass is 264 g/mol. The van der Waals surface area contributed by atoms with Gasteiger partial charge in [-0.2, -0.15) is 0 Å². The van der Waals surface area contributed by atoms with Crippen LogP contribution in [-0.2, 0) is 0 Å². The Hall–Kier alpha value is -1.06. The molecule has 0 heterocycles. The van der Waals surface area contributed by atoms with Crippen LogP contribution in [0.2, 0.25) is 0 Å². The van der Waals surface area contributed by atoms with E-state index in [4.69, 9.17) is 4.74 Å². The molecule has 1 fully saturated rings. The fourth-order valence-electron chi connectivity index (χ4n) is 2.69. The second-order valence-electron chi connectivity index (χ2n) is 5.79. The fraction of sp³-hybridized carbons (Fsp3) is 0.625. The SMILES string of the molecule is Cc1ccc(OCC2(O)CCCCC2)c(C(C)O)c1. The van der Waals surface area contributed by atoms with Gasteiger partial charge in [0.05, 0.1) is 11.7 Å². The molecule has 19 heavy (non-hydrogen) atoms. The minimum Gasteiger partial charge on any atom is -0.490 e. The first-order valence-corrected chi connectivity index (χ1v) is 7.14. The van der Waals surface area contributed by atoms with Crippen molar-refractivity contribution in [2.45, 2.75) is 57.7 Å². The Labute approximate surface area is 115 Å². The topological polar surface area (TPSA) is 49.7 Å². The number of benzene rings is 1. The van der Waals surface area contributed by atoms with Crippen LogP contribution in [0.4, 0.5) is 0 Å². The summed E-state index contributed by atoms with van der Waals surface area (Å²) in [6.07, 6.45) is 4.39. The van der Waals surface area contributed by atoms with E-state index in [-0.39, 0.29) is 0 Å². The molecule has 1 aromatic rings. The summed E-state index contributed by atoms with van der Waals surface area (Å²) in [7, 11) is 0. The Balaban J connectivity index is 2.06. The lowest BCUT2D eigenvalue weighted by atomic mass is 9.85. The van der Waals surface area contributed by atoms with Gasteiger partial charge in [-0.05, 0) is 38.8 Å². The van der Waals surface area contributed by atoms with E-state index < -0.39 is 11.7 Å². The average molecular weight is 264 g/mol. The van der Waals surface area contributed by atoms with Crippen molar-refractivity contribution >= 4 is 0 Å². The number of hydrogen-bond donors (Lipinski definition) is 2. The summed E-state index contributed by atoms with van der Waals surface area (Å²) in [4.78, 5) is 0. The summed E-state index contributed by atoms with van der Waals surface area (Å²) in [6, 6.07) is 5.78. The van der Waals surface area contributed by atoms with Crippen molar-refractivity contribution in [1.29, 1.82) is 0 Å². The summed E-state index contributed by atoms with van der Waals surface area (Å²) in [5.74, 6) is 0.680. The third-order valence-corrected chi connectivity index (χ3v) is 3.90. The van der Waals surface area contributed by atoms with E-state index in [1.165, 1.54) is 6.42 Å². The van der Waals surface area contributed by atoms with Crippen LogP contribution >= 0.6 is 0 Å². The quantitative estimate of drug-likeness (QED) is 0.878. The molecule has 0 aromatic heterocycles. The molecule has 1 aliphatic carbocycles. The van der Waals surface area contributed by atoms with Gasteiger partial charge >= 0.3 is 0 Å². The van der Waals surface area contributed by atoms with E-state index in [0.717, 1.165) is 36.8 Å². The highest BCUT2D eigenvalue weighted by Gasteiger charge is 2.30. The molecule has 0 radical (unpaired) electrons. The van der Waals surface area contributed by atoms with Gasteiger partial charge in [-0.15, -0.1) is 0 Å². The molecule has 3 heteroatoms. The molecule has 2 rings (SSSR count). The van der Waals surface area contributed by atoms with Crippen molar-refractivity contribution in [3.63, 3.8) is 0 Å². The highest BCUT2D eigenvalue weighted by molar-refractivity contribution is 5.38. The summed E-state index contributed by atoms with van der Waals surface area (Å²) in [5.41, 5.74) is 1.19. The van der Waals surface area contributed by atoms with Crippen LogP contribution in [-0.4, -0.2) is 22.4 Å². The van der Waals surface area contributed by atoms with Crippen LogP contribution in [0.1, 0.15) is 56.3 Å². The number of hydrogen-bond acceptors (Lipinski definition) is 3. The molecule has 1 atom stereocenters. The van der Waals surface area contributed by atoms with Crippen molar-refractivity contribution in [3.05, 3.63) is 29.3 Å². The minimum absolute atomic E-state index is 0.315. The largest absolute Gasteiger partial charge is 0.490 e. The van der Waals surface area contributed by atoms with E-state index >= 15 is 0 Å². The van der Waals surface area contributed by atoms with E-state index in [2.05, 4.69) is 0 Å². The van der Waals surface area contributed by atoms with Crippen LogP contribution in [0.5, 0.6) is 5.75 Å². The zero-order valence-electron chi connectivity index (χ0n) is 11.9. The Morgan fingerprint density at radius 2 is 1.95 bits per heavy atom. The lowest BCUT2D eigenvalue weighted by Crippen LogP contribution is -2.38. The first kappa shape index (κ1) is 14.4. The van der Waals surface area contributed by atoms with Crippen LogP contribution in [0.25, 0.3) is 0 Å². The molecular formula is C16H24O3. The third kappa shape index (κ3) is 3.71. The number of aliphatic hydroxyl groups is 2. The Morgan fingerprint density at radius 3 is 2.58 bits per heavy atom. The molecule has 2 N–H and O–H groups in total. The maximum Gasteiger partial charge on any atom is 0.125 e. The van der Waals surface area contributed by atoms with E-state index in [1.807, 2.05) is 25.1 Å². The molecule has 106 valence electrons. The second-order valence-corrected chi connectivity index (χ2v) is 5.79. The van der Waals surface area contributed by atoms with Gasteiger partial charge < -0.3 is 14.9 Å². The fourth-order valence-corrected chi connectivity index (χ4v) is 2.69. The van der Waals surface area contributed by atoms with Crippen molar-refractivity contribution in [2.75, 3.05) is 6.61 Å². The van der Waals surface area contributed by atoms with Gasteiger partial charge in [0.15, 0.2) is 0 Å². The zero-order valence-corrected chi connectivity index (χ0v) is 11.9. The maximum atomic E-state index is 10.4.